The molecule has 0 aromatic heterocycles. The summed E-state index contributed by atoms with van der Waals surface area (Å²) < 4.78 is 0. The van der Waals surface area contributed by atoms with E-state index >= 15 is 0 Å². The highest BCUT2D eigenvalue weighted by Crippen LogP contribution is 2.43. The summed E-state index contributed by atoms with van der Waals surface area (Å²) in [6.45, 7) is 4.50. The van der Waals surface area contributed by atoms with Gasteiger partial charge in [0, 0.05) is 13.0 Å². The Labute approximate surface area is 141 Å². The van der Waals surface area contributed by atoms with Crippen LogP contribution in [0.2, 0.25) is 0 Å². The minimum atomic E-state index is -0.773. The summed E-state index contributed by atoms with van der Waals surface area (Å²) in [6.07, 6.45) is 2.82. The molecule has 3 rings (SSSR count). The topological polar surface area (TPSA) is 69.7 Å². The van der Waals surface area contributed by atoms with Crippen molar-refractivity contribution in [3.63, 3.8) is 0 Å². The van der Waals surface area contributed by atoms with Crippen LogP contribution in [0.1, 0.15) is 49.9 Å². The molecule has 0 bridgehead atoms. The number of anilines is 1. The van der Waals surface area contributed by atoms with Gasteiger partial charge in [0.15, 0.2) is 0 Å². The van der Waals surface area contributed by atoms with Gasteiger partial charge in [-0.05, 0) is 31.9 Å². The zero-order valence-electron chi connectivity index (χ0n) is 14.2. The van der Waals surface area contributed by atoms with Gasteiger partial charge in [0.1, 0.15) is 12.2 Å². The van der Waals surface area contributed by atoms with E-state index in [4.69, 9.17) is 0 Å². The molecule has 1 fully saturated rings. The number of carbonyl (C=O) groups is 3. The number of hydrogen-bond donors (Lipinski definition) is 1. The molecule has 1 N–H and O–H groups in total. The largest absolute Gasteiger partial charge is 0.355 e. The normalized spacial score (nSPS) is 22.4. The molecule has 0 spiro atoms. The van der Waals surface area contributed by atoms with Crippen molar-refractivity contribution in [3.05, 3.63) is 29.8 Å². The number of amides is 3. The molecule has 2 aliphatic rings. The van der Waals surface area contributed by atoms with E-state index < -0.39 is 5.66 Å². The Morgan fingerprint density at radius 3 is 2.79 bits per heavy atom. The fourth-order valence-electron chi connectivity index (χ4n) is 3.55. The maximum Gasteiger partial charge on any atom is 0.258 e. The van der Waals surface area contributed by atoms with Crippen molar-refractivity contribution in [2.75, 3.05) is 18.0 Å². The van der Waals surface area contributed by atoms with E-state index in [-0.39, 0.29) is 24.3 Å². The maximum absolute atomic E-state index is 12.9. The second-order valence-electron chi connectivity index (χ2n) is 6.56. The van der Waals surface area contributed by atoms with E-state index in [1.54, 1.807) is 28.0 Å². The number of para-hydroxylation sites is 1. The Morgan fingerprint density at radius 2 is 2.04 bits per heavy atom. The fraction of sp³-hybridized carbons (Fsp3) is 0.500. The highest BCUT2D eigenvalue weighted by molar-refractivity contribution is 6.11. The minimum Gasteiger partial charge on any atom is -0.355 e. The Hall–Kier alpha value is -2.37. The molecule has 128 valence electrons. The average Bonchev–Trinajstić information content (AvgIpc) is 2.88. The standard InChI is InChI=1S/C18H23N3O3/c1-3-4-11-19-15(22)12-20-17(24)13-7-5-6-8-14(13)21-16(23)9-10-18(20,21)2/h5-8H,3-4,9-12H2,1-2H3,(H,19,22). The van der Waals surface area contributed by atoms with Crippen molar-refractivity contribution in [1.82, 2.24) is 10.2 Å². The van der Waals surface area contributed by atoms with Crippen molar-refractivity contribution in [2.45, 2.75) is 45.2 Å². The van der Waals surface area contributed by atoms with Crippen LogP contribution in [0.3, 0.4) is 0 Å². The molecule has 0 saturated carbocycles. The molecular weight excluding hydrogens is 306 g/mol. The van der Waals surface area contributed by atoms with Gasteiger partial charge in [0.05, 0.1) is 11.3 Å². The summed E-state index contributed by atoms with van der Waals surface area (Å²) >= 11 is 0. The van der Waals surface area contributed by atoms with Gasteiger partial charge in [-0.2, -0.15) is 0 Å². The van der Waals surface area contributed by atoms with E-state index in [2.05, 4.69) is 12.2 Å². The lowest BCUT2D eigenvalue weighted by molar-refractivity contribution is -0.124. The number of hydrogen-bond acceptors (Lipinski definition) is 3. The van der Waals surface area contributed by atoms with Crippen molar-refractivity contribution in [2.24, 2.45) is 0 Å². The molecule has 2 heterocycles. The minimum absolute atomic E-state index is 0.00570. The lowest BCUT2D eigenvalue weighted by atomic mass is 9.98. The molecule has 1 unspecified atom stereocenters. The predicted octanol–water partition coefficient (Wildman–Crippen LogP) is 1.90. The Kier molecular flexibility index (Phi) is 4.30. The smallest absolute Gasteiger partial charge is 0.258 e. The van der Waals surface area contributed by atoms with Crippen LogP contribution in [-0.2, 0) is 9.59 Å². The molecule has 3 amide bonds. The van der Waals surface area contributed by atoms with Crippen molar-refractivity contribution in [1.29, 1.82) is 0 Å². The number of nitrogens with one attached hydrogen (secondary N) is 1. The summed E-state index contributed by atoms with van der Waals surface area (Å²) in [6, 6.07) is 7.11. The van der Waals surface area contributed by atoms with Gasteiger partial charge in [0.25, 0.3) is 5.91 Å². The zero-order chi connectivity index (χ0) is 17.3. The van der Waals surface area contributed by atoms with Crippen LogP contribution in [0.15, 0.2) is 24.3 Å². The van der Waals surface area contributed by atoms with Crippen LogP contribution < -0.4 is 10.2 Å². The van der Waals surface area contributed by atoms with Gasteiger partial charge in [-0.3, -0.25) is 19.3 Å². The number of nitrogens with zero attached hydrogens (tertiary/aromatic N) is 2. The zero-order valence-corrected chi connectivity index (χ0v) is 14.2. The van der Waals surface area contributed by atoms with Gasteiger partial charge in [-0.25, -0.2) is 0 Å². The maximum atomic E-state index is 12.9. The number of benzene rings is 1. The third-order valence-corrected chi connectivity index (χ3v) is 4.90. The number of rotatable bonds is 5. The first-order valence-electron chi connectivity index (χ1n) is 8.50. The van der Waals surface area contributed by atoms with Gasteiger partial charge in [-0.1, -0.05) is 25.5 Å². The van der Waals surface area contributed by atoms with Crippen LogP contribution in [0.4, 0.5) is 5.69 Å². The van der Waals surface area contributed by atoms with Crippen molar-refractivity contribution in [3.8, 4) is 0 Å². The van der Waals surface area contributed by atoms with E-state index in [1.165, 1.54) is 0 Å². The first-order chi connectivity index (χ1) is 11.5. The van der Waals surface area contributed by atoms with Gasteiger partial charge < -0.3 is 10.2 Å². The van der Waals surface area contributed by atoms with Gasteiger partial charge in [0.2, 0.25) is 11.8 Å². The average molecular weight is 329 g/mol. The number of fused-ring (bicyclic) bond motifs is 3. The molecule has 1 aromatic carbocycles. The summed E-state index contributed by atoms with van der Waals surface area (Å²) in [5.74, 6) is -0.379. The molecule has 0 radical (unpaired) electrons. The van der Waals surface area contributed by atoms with Crippen LogP contribution in [0.5, 0.6) is 0 Å². The Balaban J connectivity index is 1.91. The van der Waals surface area contributed by atoms with E-state index in [0.717, 1.165) is 12.8 Å². The molecule has 6 nitrogen and oxygen atoms in total. The van der Waals surface area contributed by atoms with Gasteiger partial charge >= 0.3 is 0 Å². The number of unbranched alkanes of at least 4 members (excludes halogenated alkanes) is 1. The second-order valence-corrected chi connectivity index (χ2v) is 6.56. The van der Waals surface area contributed by atoms with Crippen molar-refractivity contribution >= 4 is 23.4 Å². The third kappa shape index (κ3) is 2.56. The Morgan fingerprint density at radius 1 is 1.29 bits per heavy atom. The summed E-state index contributed by atoms with van der Waals surface area (Å²) in [4.78, 5) is 40.8. The molecule has 1 aromatic rings. The molecule has 0 aliphatic carbocycles. The van der Waals surface area contributed by atoms with Crippen LogP contribution in [0.25, 0.3) is 0 Å². The monoisotopic (exact) mass is 329 g/mol. The molecule has 1 saturated heterocycles. The summed E-state index contributed by atoms with van der Waals surface area (Å²) in [5, 5.41) is 2.85. The first kappa shape index (κ1) is 16.5. The molecular formula is C18H23N3O3. The fourth-order valence-corrected chi connectivity index (χ4v) is 3.55. The lowest BCUT2D eigenvalue weighted by Gasteiger charge is -2.48. The molecule has 6 heteroatoms. The van der Waals surface area contributed by atoms with E-state index in [9.17, 15) is 14.4 Å². The highest BCUT2D eigenvalue weighted by atomic mass is 16.2. The third-order valence-electron chi connectivity index (χ3n) is 4.90. The Bertz CT molecular complexity index is 688. The first-order valence-corrected chi connectivity index (χ1v) is 8.50. The summed E-state index contributed by atoms with van der Waals surface area (Å²) in [7, 11) is 0. The predicted molar refractivity (Wildman–Crippen MR) is 90.5 cm³/mol. The molecule has 24 heavy (non-hydrogen) atoms. The van der Waals surface area contributed by atoms with E-state index in [1.807, 2.05) is 13.0 Å². The van der Waals surface area contributed by atoms with E-state index in [0.29, 0.717) is 30.6 Å². The highest BCUT2D eigenvalue weighted by Gasteiger charge is 2.53. The summed E-state index contributed by atoms with van der Waals surface area (Å²) in [5.41, 5.74) is 0.353. The number of carbonyl (C=O) groups excluding carboxylic acids is 3. The second kappa shape index (κ2) is 6.26. The van der Waals surface area contributed by atoms with Crippen LogP contribution >= 0.6 is 0 Å². The molecule has 2 aliphatic heterocycles. The SMILES string of the molecule is CCCCNC(=O)CN1C(=O)c2ccccc2N2C(=O)CCC12C. The van der Waals surface area contributed by atoms with Gasteiger partial charge in [-0.15, -0.1) is 0 Å². The lowest BCUT2D eigenvalue weighted by Crippen LogP contribution is -2.63. The van der Waals surface area contributed by atoms with Crippen LogP contribution in [-0.4, -0.2) is 41.4 Å². The molecule has 1 atom stereocenters. The van der Waals surface area contributed by atoms with Crippen LogP contribution in [0, 0.1) is 0 Å². The van der Waals surface area contributed by atoms with Crippen molar-refractivity contribution < 1.29 is 14.4 Å². The quantitative estimate of drug-likeness (QED) is 0.839.